The first-order valence-corrected chi connectivity index (χ1v) is 14.3. The molecule has 1 aliphatic heterocycles. The van der Waals surface area contributed by atoms with Crippen LogP contribution in [0.5, 0.6) is 5.75 Å². The largest absolute Gasteiger partial charge is 0.508 e. The van der Waals surface area contributed by atoms with Gasteiger partial charge >= 0.3 is 5.97 Å². The number of carbonyl (C=O) groups is 4. The number of hydrogen-bond acceptors (Lipinski definition) is 7. The van der Waals surface area contributed by atoms with Crippen LogP contribution >= 0.6 is 11.8 Å². The highest BCUT2D eigenvalue weighted by molar-refractivity contribution is 7.98. The molecule has 0 aliphatic carbocycles. The molecular weight excluding hydrogens is 520 g/mol. The molecule has 0 saturated carbocycles. The molecule has 210 valence electrons. The van der Waals surface area contributed by atoms with E-state index in [2.05, 4.69) is 21.3 Å². The molecule has 39 heavy (non-hydrogen) atoms. The molecule has 11 heteroatoms. The summed E-state index contributed by atoms with van der Waals surface area (Å²) in [5.41, 5.74) is 1.47. The number of phenols is 1. The zero-order valence-corrected chi connectivity index (χ0v) is 22.7. The fourth-order valence-electron chi connectivity index (χ4n) is 4.36. The second-order valence-electron chi connectivity index (χ2n) is 9.51. The predicted octanol–water partition coefficient (Wildman–Crippen LogP) is 1.22. The molecular formula is C28H36N4O6S. The standard InChI is InChI=1S/C28H36N4O6S/c1-39-15-13-22(26(35)32-24(28(37)38)17-19-9-11-20(33)12-10-19)30-27(36)23(16-18-6-3-2-4-7-18)31-25(34)21-8-5-14-29-21/h2-4,6-7,9-12,21-24,29,33H,5,8,13-17H2,1H3,(H,30,36)(H,31,34)(H,32,35)(H,37,38). The minimum Gasteiger partial charge on any atom is -0.508 e. The molecule has 1 heterocycles. The minimum atomic E-state index is -1.23. The maximum atomic E-state index is 13.4. The van der Waals surface area contributed by atoms with E-state index in [9.17, 15) is 29.4 Å². The van der Waals surface area contributed by atoms with Crippen molar-refractivity contribution in [3.8, 4) is 5.75 Å². The third kappa shape index (κ3) is 9.60. The molecule has 0 aromatic heterocycles. The summed E-state index contributed by atoms with van der Waals surface area (Å²) in [5.74, 6) is -2.02. The average molecular weight is 557 g/mol. The lowest BCUT2D eigenvalue weighted by Gasteiger charge is -2.25. The molecule has 6 N–H and O–H groups in total. The number of hydrogen-bond donors (Lipinski definition) is 6. The van der Waals surface area contributed by atoms with E-state index in [1.165, 1.54) is 23.9 Å². The number of rotatable bonds is 14. The Morgan fingerprint density at radius 1 is 0.897 bits per heavy atom. The summed E-state index contributed by atoms with van der Waals surface area (Å²) in [5, 5.41) is 30.5. The van der Waals surface area contributed by atoms with Crippen molar-refractivity contribution in [2.75, 3.05) is 18.6 Å². The van der Waals surface area contributed by atoms with Gasteiger partial charge in [0.15, 0.2) is 0 Å². The van der Waals surface area contributed by atoms with Crippen molar-refractivity contribution in [1.29, 1.82) is 0 Å². The molecule has 4 atom stereocenters. The number of benzene rings is 2. The van der Waals surface area contributed by atoms with Crippen LogP contribution in [0.3, 0.4) is 0 Å². The Hall–Kier alpha value is -3.57. The van der Waals surface area contributed by atoms with Gasteiger partial charge in [-0.3, -0.25) is 14.4 Å². The molecule has 0 spiro atoms. The van der Waals surface area contributed by atoms with Crippen molar-refractivity contribution < 1.29 is 29.4 Å². The molecule has 3 rings (SSSR count). The normalized spacial score (nSPS) is 17.0. The van der Waals surface area contributed by atoms with Crippen LogP contribution in [-0.2, 0) is 32.0 Å². The number of carbonyl (C=O) groups excluding carboxylic acids is 3. The average Bonchev–Trinajstić information content (AvgIpc) is 3.47. The third-order valence-electron chi connectivity index (χ3n) is 6.53. The van der Waals surface area contributed by atoms with Gasteiger partial charge in [-0.05, 0) is 61.1 Å². The molecule has 1 saturated heterocycles. The van der Waals surface area contributed by atoms with E-state index < -0.39 is 35.9 Å². The van der Waals surface area contributed by atoms with Crippen LogP contribution in [0, 0.1) is 0 Å². The predicted molar refractivity (Wildman–Crippen MR) is 149 cm³/mol. The quantitative estimate of drug-likeness (QED) is 0.203. The molecule has 2 aromatic rings. The zero-order chi connectivity index (χ0) is 28.2. The Kier molecular flexibility index (Phi) is 11.6. The smallest absolute Gasteiger partial charge is 0.326 e. The fraction of sp³-hybridized carbons (Fsp3) is 0.429. The van der Waals surface area contributed by atoms with Crippen LogP contribution in [0.4, 0.5) is 0 Å². The molecule has 1 aliphatic rings. The van der Waals surface area contributed by atoms with Gasteiger partial charge in [-0.25, -0.2) is 4.79 Å². The van der Waals surface area contributed by atoms with Crippen LogP contribution in [0.1, 0.15) is 30.4 Å². The number of amides is 3. The Bertz CT molecular complexity index is 1110. The monoisotopic (exact) mass is 556 g/mol. The third-order valence-corrected chi connectivity index (χ3v) is 7.17. The molecule has 2 aromatic carbocycles. The number of phenolic OH excluding ortho intramolecular Hbond substituents is 1. The Balaban J connectivity index is 1.73. The number of nitrogens with one attached hydrogen (secondary N) is 4. The molecule has 0 radical (unpaired) electrons. The topological polar surface area (TPSA) is 157 Å². The second-order valence-corrected chi connectivity index (χ2v) is 10.5. The maximum absolute atomic E-state index is 13.4. The number of thioether (sulfide) groups is 1. The van der Waals surface area contributed by atoms with Gasteiger partial charge in [-0.1, -0.05) is 42.5 Å². The first kappa shape index (κ1) is 30.0. The lowest BCUT2D eigenvalue weighted by molar-refractivity contribution is -0.142. The van der Waals surface area contributed by atoms with Crippen LogP contribution in [0.25, 0.3) is 0 Å². The van der Waals surface area contributed by atoms with Gasteiger partial charge in [-0.2, -0.15) is 11.8 Å². The lowest BCUT2D eigenvalue weighted by atomic mass is 10.0. The Morgan fingerprint density at radius 3 is 2.13 bits per heavy atom. The molecule has 0 bridgehead atoms. The highest BCUT2D eigenvalue weighted by Gasteiger charge is 2.31. The van der Waals surface area contributed by atoms with Gasteiger partial charge in [0.1, 0.15) is 23.9 Å². The first-order valence-electron chi connectivity index (χ1n) is 12.9. The van der Waals surface area contributed by atoms with E-state index in [0.717, 1.165) is 18.5 Å². The minimum absolute atomic E-state index is 0.00558. The van der Waals surface area contributed by atoms with E-state index in [1.54, 1.807) is 12.1 Å². The summed E-state index contributed by atoms with van der Waals surface area (Å²) in [4.78, 5) is 51.4. The number of carboxylic acids is 1. The Morgan fingerprint density at radius 2 is 1.51 bits per heavy atom. The van der Waals surface area contributed by atoms with Crippen molar-refractivity contribution in [2.45, 2.75) is 56.3 Å². The molecule has 10 nitrogen and oxygen atoms in total. The van der Waals surface area contributed by atoms with Crippen molar-refractivity contribution in [3.63, 3.8) is 0 Å². The van der Waals surface area contributed by atoms with Crippen LogP contribution in [-0.4, -0.2) is 76.6 Å². The first-order chi connectivity index (χ1) is 18.8. The van der Waals surface area contributed by atoms with Crippen LogP contribution in [0.2, 0.25) is 0 Å². The summed E-state index contributed by atoms with van der Waals surface area (Å²) in [7, 11) is 0. The maximum Gasteiger partial charge on any atom is 0.326 e. The van der Waals surface area contributed by atoms with Gasteiger partial charge in [-0.15, -0.1) is 0 Å². The van der Waals surface area contributed by atoms with Crippen molar-refractivity contribution in [1.82, 2.24) is 21.3 Å². The van der Waals surface area contributed by atoms with E-state index in [4.69, 9.17) is 0 Å². The van der Waals surface area contributed by atoms with Gasteiger partial charge in [0, 0.05) is 12.8 Å². The number of aliphatic carboxylic acids is 1. The summed E-state index contributed by atoms with van der Waals surface area (Å²) in [6.45, 7) is 0.736. The summed E-state index contributed by atoms with van der Waals surface area (Å²) in [6.07, 6.45) is 3.95. The van der Waals surface area contributed by atoms with Crippen LogP contribution < -0.4 is 21.3 Å². The number of carboxylic acid groups (broad SMARTS) is 1. The zero-order valence-electron chi connectivity index (χ0n) is 21.9. The van der Waals surface area contributed by atoms with E-state index in [1.807, 2.05) is 36.6 Å². The second kappa shape index (κ2) is 15.1. The van der Waals surface area contributed by atoms with Gasteiger partial charge in [0.25, 0.3) is 0 Å². The summed E-state index contributed by atoms with van der Waals surface area (Å²) >= 11 is 1.49. The van der Waals surface area contributed by atoms with Crippen molar-refractivity contribution >= 4 is 35.5 Å². The fourth-order valence-corrected chi connectivity index (χ4v) is 4.83. The molecule has 4 unspecified atom stereocenters. The summed E-state index contributed by atoms with van der Waals surface area (Å²) in [6, 6.07) is 11.8. The highest BCUT2D eigenvalue weighted by Crippen LogP contribution is 2.13. The lowest BCUT2D eigenvalue weighted by Crippen LogP contribution is -2.57. The van der Waals surface area contributed by atoms with E-state index in [-0.39, 0.29) is 37.0 Å². The van der Waals surface area contributed by atoms with Gasteiger partial charge < -0.3 is 31.5 Å². The van der Waals surface area contributed by atoms with Crippen molar-refractivity contribution in [3.05, 3.63) is 65.7 Å². The van der Waals surface area contributed by atoms with E-state index >= 15 is 0 Å². The van der Waals surface area contributed by atoms with E-state index in [0.29, 0.717) is 17.7 Å². The van der Waals surface area contributed by atoms with Gasteiger partial charge in [0.2, 0.25) is 17.7 Å². The van der Waals surface area contributed by atoms with Gasteiger partial charge in [0.05, 0.1) is 6.04 Å². The Labute approximate surface area is 232 Å². The van der Waals surface area contributed by atoms with Crippen LogP contribution in [0.15, 0.2) is 54.6 Å². The molecule has 1 fully saturated rings. The SMILES string of the molecule is CSCCC(NC(=O)C(Cc1ccccc1)NC(=O)C1CCCN1)C(=O)NC(Cc1ccc(O)cc1)C(=O)O. The van der Waals surface area contributed by atoms with Crippen molar-refractivity contribution in [2.24, 2.45) is 0 Å². The highest BCUT2D eigenvalue weighted by atomic mass is 32.2. The number of aromatic hydroxyl groups is 1. The molecule has 3 amide bonds. The summed E-state index contributed by atoms with van der Waals surface area (Å²) < 4.78 is 0.